The predicted octanol–water partition coefficient (Wildman–Crippen LogP) is 2.43. The molecule has 24 heavy (non-hydrogen) atoms. The van der Waals surface area contributed by atoms with Crippen LogP contribution in [0.25, 0.3) is 0 Å². The summed E-state index contributed by atoms with van der Waals surface area (Å²) in [5.41, 5.74) is 0.534. The first-order valence-electron chi connectivity index (χ1n) is 8.52. The van der Waals surface area contributed by atoms with Gasteiger partial charge in [0.05, 0.1) is 17.7 Å². The second-order valence-electron chi connectivity index (χ2n) is 6.44. The first-order chi connectivity index (χ1) is 11.5. The molecule has 0 unspecified atom stereocenters. The second kappa shape index (κ2) is 7.11. The van der Waals surface area contributed by atoms with E-state index in [9.17, 15) is 13.2 Å². The molecule has 1 saturated carbocycles. The molecule has 2 fully saturated rings. The summed E-state index contributed by atoms with van der Waals surface area (Å²) < 4.78 is 33.5. The number of benzene rings is 1. The lowest BCUT2D eigenvalue weighted by Crippen LogP contribution is -2.36. The number of nitrogens with one attached hydrogen (secondary N) is 1. The van der Waals surface area contributed by atoms with Crippen molar-refractivity contribution in [2.75, 3.05) is 18.6 Å². The number of rotatable bonds is 5. The quantitative estimate of drug-likeness (QED) is 0.883. The van der Waals surface area contributed by atoms with Crippen molar-refractivity contribution in [2.45, 2.75) is 55.9 Å². The Bertz CT molecular complexity index is 711. The number of amides is 1. The van der Waals surface area contributed by atoms with E-state index in [0.717, 1.165) is 32.1 Å². The van der Waals surface area contributed by atoms with Crippen LogP contribution in [0.2, 0.25) is 0 Å². The van der Waals surface area contributed by atoms with E-state index in [1.807, 2.05) is 0 Å². The number of hydrogen-bond acceptors (Lipinski definition) is 4. The summed E-state index contributed by atoms with van der Waals surface area (Å²) >= 11 is 0. The van der Waals surface area contributed by atoms with Gasteiger partial charge in [0.1, 0.15) is 5.75 Å². The molecule has 1 N–H and O–H groups in total. The summed E-state index contributed by atoms with van der Waals surface area (Å²) in [5.74, 6) is 0.518. The molecule has 0 bridgehead atoms. The van der Waals surface area contributed by atoms with Gasteiger partial charge in [0.25, 0.3) is 0 Å². The maximum absolute atomic E-state index is 12.7. The van der Waals surface area contributed by atoms with Gasteiger partial charge < -0.3 is 9.64 Å². The van der Waals surface area contributed by atoms with Gasteiger partial charge in [-0.25, -0.2) is 13.1 Å². The van der Waals surface area contributed by atoms with Crippen molar-refractivity contribution in [3.05, 3.63) is 18.2 Å². The van der Waals surface area contributed by atoms with Gasteiger partial charge in [-0.05, 0) is 37.5 Å². The van der Waals surface area contributed by atoms with Crippen LogP contribution in [0.1, 0.15) is 44.9 Å². The Labute approximate surface area is 143 Å². The molecule has 1 amide bonds. The van der Waals surface area contributed by atoms with Crippen LogP contribution in [-0.4, -0.2) is 34.0 Å². The highest BCUT2D eigenvalue weighted by Gasteiger charge is 2.27. The minimum Gasteiger partial charge on any atom is -0.495 e. The number of carbonyl (C=O) groups is 1. The van der Waals surface area contributed by atoms with Gasteiger partial charge in [0, 0.05) is 19.0 Å². The molecule has 7 heteroatoms. The maximum Gasteiger partial charge on any atom is 0.240 e. The molecule has 0 spiro atoms. The molecule has 1 aromatic rings. The fraction of sp³-hybridized carbons (Fsp3) is 0.588. The highest BCUT2D eigenvalue weighted by atomic mass is 32.2. The fourth-order valence-electron chi connectivity index (χ4n) is 3.46. The highest BCUT2D eigenvalue weighted by molar-refractivity contribution is 7.89. The van der Waals surface area contributed by atoms with Crippen molar-refractivity contribution in [1.29, 1.82) is 0 Å². The second-order valence-corrected chi connectivity index (χ2v) is 8.15. The smallest absolute Gasteiger partial charge is 0.240 e. The third kappa shape index (κ3) is 3.57. The topological polar surface area (TPSA) is 75.7 Å². The number of anilines is 1. The zero-order valence-electron chi connectivity index (χ0n) is 14.0. The minimum absolute atomic E-state index is 0.00252. The SMILES string of the molecule is COc1ccc(S(=O)(=O)NC2CCCCC2)cc1N1CCCC1=O. The molecule has 0 atom stereocenters. The average Bonchev–Trinajstić information content (AvgIpc) is 3.00. The molecular weight excluding hydrogens is 328 g/mol. The van der Waals surface area contributed by atoms with Crippen molar-refractivity contribution in [2.24, 2.45) is 0 Å². The number of sulfonamides is 1. The van der Waals surface area contributed by atoms with Crippen molar-refractivity contribution in [3.8, 4) is 5.75 Å². The lowest BCUT2D eigenvalue weighted by atomic mass is 9.96. The van der Waals surface area contributed by atoms with Gasteiger partial charge >= 0.3 is 0 Å². The van der Waals surface area contributed by atoms with Gasteiger partial charge in [-0.2, -0.15) is 0 Å². The molecule has 3 rings (SSSR count). The van der Waals surface area contributed by atoms with Crippen LogP contribution in [0, 0.1) is 0 Å². The first-order valence-corrected chi connectivity index (χ1v) is 10.0. The summed E-state index contributed by atoms with van der Waals surface area (Å²) in [7, 11) is -2.08. The van der Waals surface area contributed by atoms with Gasteiger partial charge in [-0.3, -0.25) is 4.79 Å². The molecule has 1 aromatic carbocycles. The van der Waals surface area contributed by atoms with E-state index in [-0.39, 0.29) is 16.8 Å². The van der Waals surface area contributed by atoms with E-state index in [1.165, 1.54) is 19.6 Å². The minimum atomic E-state index is -3.60. The van der Waals surface area contributed by atoms with Gasteiger partial charge in [0.15, 0.2) is 0 Å². The van der Waals surface area contributed by atoms with E-state index < -0.39 is 10.0 Å². The summed E-state index contributed by atoms with van der Waals surface area (Å²) in [4.78, 5) is 13.8. The van der Waals surface area contributed by atoms with Crippen molar-refractivity contribution < 1.29 is 17.9 Å². The van der Waals surface area contributed by atoms with E-state index in [2.05, 4.69) is 4.72 Å². The molecule has 2 aliphatic rings. The Hall–Kier alpha value is -1.60. The van der Waals surface area contributed by atoms with E-state index in [4.69, 9.17) is 4.74 Å². The van der Waals surface area contributed by atoms with Crippen LogP contribution in [0.5, 0.6) is 5.75 Å². The number of ether oxygens (including phenoxy) is 1. The highest BCUT2D eigenvalue weighted by Crippen LogP contribution is 2.34. The summed E-state index contributed by atoms with van der Waals surface area (Å²) in [6.07, 6.45) is 6.31. The van der Waals surface area contributed by atoms with Crippen molar-refractivity contribution in [3.63, 3.8) is 0 Å². The largest absolute Gasteiger partial charge is 0.495 e. The maximum atomic E-state index is 12.7. The third-order valence-electron chi connectivity index (χ3n) is 4.75. The summed E-state index contributed by atoms with van der Waals surface area (Å²) in [5, 5.41) is 0. The zero-order chi connectivity index (χ0) is 17.2. The van der Waals surface area contributed by atoms with Crippen LogP contribution in [-0.2, 0) is 14.8 Å². The van der Waals surface area contributed by atoms with Crippen LogP contribution in [0.4, 0.5) is 5.69 Å². The van der Waals surface area contributed by atoms with Crippen LogP contribution < -0.4 is 14.4 Å². The molecule has 1 aliphatic heterocycles. The zero-order valence-corrected chi connectivity index (χ0v) is 14.8. The Morgan fingerprint density at radius 1 is 1.17 bits per heavy atom. The summed E-state index contributed by atoms with van der Waals surface area (Å²) in [6.45, 7) is 0.592. The summed E-state index contributed by atoms with van der Waals surface area (Å²) in [6, 6.07) is 4.71. The molecular formula is C17H24N2O4S. The molecule has 132 valence electrons. The fourth-order valence-corrected chi connectivity index (χ4v) is 4.78. The molecule has 6 nitrogen and oxygen atoms in total. The molecule has 0 aromatic heterocycles. The monoisotopic (exact) mass is 352 g/mol. The Morgan fingerprint density at radius 2 is 1.92 bits per heavy atom. The van der Waals surface area contributed by atoms with Crippen LogP contribution >= 0.6 is 0 Å². The predicted molar refractivity (Wildman–Crippen MR) is 91.8 cm³/mol. The molecule has 0 radical (unpaired) electrons. The van der Waals surface area contributed by atoms with Crippen molar-refractivity contribution >= 4 is 21.6 Å². The van der Waals surface area contributed by atoms with Crippen LogP contribution in [0.15, 0.2) is 23.1 Å². The van der Waals surface area contributed by atoms with E-state index in [1.54, 1.807) is 17.0 Å². The van der Waals surface area contributed by atoms with E-state index in [0.29, 0.717) is 24.4 Å². The number of methoxy groups -OCH3 is 1. The normalized spacial score (nSPS) is 19.7. The lowest BCUT2D eigenvalue weighted by molar-refractivity contribution is -0.117. The standard InChI is InChI=1S/C17H24N2O4S/c1-23-16-10-9-14(12-15(16)19-11-5-8-17(19)20)24(21,22)18-13-6-3-2-4-7-13/h9-10,12-13,18H,2-8,11H2,1H3. The Balaban J connectivity index is 1.88. The molecule has 1 aliphatic carbocycles. The average molecular weight is 352 g/mol. The number of nitrogens with zero attached hydrogens (tertiary/aromatic N) is 1. The lowest BCUT2D eigenvalue weighted by Gasteiger charge is -2.23. The Morgan fingerprint density at radius 3 is 2.54 bits per heavy atom. The Kier molecular flexibility index (Phi) is 5.10. The van der Waals surface area contributed by atoms with Gasteiger partial charge in [-0.15, -0.1) is 0 Å². The van der Waals surface area contributed by atoms with Gasteiger partial charge in [0.2, 0.25) is 15.9 Å². The van der Waals surface area contributed by atoms with Gasteiger partial charge in [-0.1, -0.05) is 19.3 Å². The van der Waals surface area contributed by atoms with Crippen LogP contribution in [0.3, 0.4) is 0 Å². The third-order valence-corrected chi connectivity index (χ3v) is 6.27. The first kappa shape index (κ1) is 17.2. The van der Waals surface area contributed by atoms with Crippen molar-refractivity contribution in [1.82, 2.24) is 4.72 Å². The number of hydrogen-bond donors (Lipinski definition) is 1. The molecule has 1 heterocycles. The van der Waals surface area contributed by atoms with E-state index >= 15 is 0 Å². The number of carbonyl (C=O) groups excluding carboxylic acids is 1. The molecule has 1 saturated heterocycles.